The van der Waals surface area contributed by atoms with Gasteiger partial charge in [-0.1, -0.05) is 5.21 Å². The number of fused-ring (bicyclic) bond motifs is 3. The van der Waals surface area contributed by atoms with Crippen LogP contribution in [-0.4, -0.2) is 44.1 Å². The van der Waals surface area contributed by atoms with Crippen LogP contribution < -0.4 is 0 Å². The van der Waals surface area contributed by atoms with Crippen molar-refractivity contribution in [2.24, 2.45) is 0 Å². The molecule has 4 rings (SSSR count). The predicted octanol–water partition coefficient (Wildman–Crippen LogP) is 0.920. The average Bonchev–Trinajstić information content (AvgIpc) is 3.07. The molecule has 4 heterocycles. The van der Waals surface area contributed by atoms with E-state index in [0.29, 0.717) is 6.61 Å². The first-order valence-corrected chi connectivity index (χ1v) is 6.93. The summed E-state index contributed by atoms with van der Waals surface area (Å²) in [7, 11) is 0. The molecule has 0 saturated carbocycles. The van der Waals surface area contributed by atoms with Crippen molar-refractivity contribution in [1.82, 2.24) is 24.9 Å². The average molecular weight is 275 g/mol. The normalized spacial score (nSPS) is 26.2. The van der Waals surface area contributed by atoms with Crippen molar-refractivity contribution in [3.63, 3.8) is 0 Å². The highest BCUT2D eigenvalue weighted by molar-refractivity contribution is 5.02. The first-order chi connectivity index (χ1) is 9.79. The Morgan fingerprint density at radius 1 is 1.45 bits per heavy atom. The third kappa shape index (κ3) is 2.03. The van der Waals surface area contributed by atoms with Crippen molar-refractivity contribution in [3.8, 4) is 0 Å². The molecule has 20 heavy (non-hydrogen) atoms. The molecule has 0 aromatic carbocycles. The molecule has 1 saturated heterocycles. The first-order valence-electron chi connectivity index (χ1n) is 6.93. The van der Waals surface area contributed by atoms with Gasteiger partial charge in [-0.2, -0.15) is 0 Å². The molecular formula is C13H17N5O2. The zero-order chi connectivity index (χ0) is 13.5. The summed E-state index contributed by atoms with van der Waals surface area (Å²) in [6, 6.07) is 0.253. The highest BCUT2D eigenvalue weighted by atomic mass is 16.5. The molecule has 0 bridgehead atoms. The molecule has 1 fully saturated rings. The lowest BCUT2D eigenvalue weighted by atomic mass is 10.0. The van der Waals surface area contributed by atoms with E-state index in [4.69, 9.17) is 9.15 Å². The third-order valence-corrected chi connectivity index (χ3v) is 4.06. The Kier molecular flexibility index (Phi) is 2.82. The van der Waals surface area contributed by atoms with E-state index in [1.165, 1.54) is 0 Å². The molecule has 2 aliphatic heterocycles. The van der Waals surface area contributed by atoms with Gasteiger partial charge in [0.1, 0.15) is 6.26 Å². The van der Waals surface area contributed by atoms with Crippen LogP contribution in [0.5, 0.6) is 0 Å². The van der Waals surface area contributed by atoms with Crippen molar-refractivity contribution in [2.75, 3.05) is 13.1 Å². The number of oxazole rings is 1. The van der Waals surface area contributed by atoms with E-state index in [-0.39, 0.29) is 12.1 Å². The van der Waals surface area contributed by atoms with Gasteiger partial charge in [0.05, 0.1) is 36.3 Å². The minimum Gasteiger partial charge on any atom is -0.449 e. The molecule has 2 aliphatic rings. The van der Waals surface area contributed by atoms with Crippen LogP contribution in [0.4, 0.5) is 0 Å². The Hall–Kier alpha value is -1.73. The fourth-order valence-electron chi connectivity index (χ4n) is 3.10. The summed E-state index contributed by atoms with van der Waals surface area (Å²) < 4.78 is 13.2. The summed E-state index contributed by atoms with van der Waals surface area (Å²) >= 11 is 0. The summed E-state index contributed by atoms with van der Waals surface area (Å²) in [5.74, 6) is 0.717. The summed E-state index contributed by atoms with van der Waals surface area (Å²) in [5, 5.41) is 8.21. The van der Waals surface area contributed by atoms with Crippen LogP contribution in [0, 0.1) is 6.92 Å². The first kappa shape index (κ1) is 12.0. The van der Waals surface area contributed by atoms with Gasteiger partial charge >= 0.3 is 0 Å². The molecule has 0 N–H and O–H groups in total. The van der Waals surface area contributed by atoms with Gasteiger partial charge in [-0.3, -0.25) is 4.90 Å². The Balaban J connectivity index is 1.51. The number of aromatic nitrogens is 4. The molecular weight excluding hydrogens is 258 g/mol. The van der Waals surface area contributed by atoms with E-state index < -0.39 is 0 Å². The number of ether oxygens (including phenoxy) is 1. The van der Waals surface area contributed by atoms with Gasteiger partial charge in [-0.05, 0) is 6.42 Å². The van der Waals surface area contributed by atoms with Gasteiger partial charge in [0, 0.05) is 26.6 Å². The van der Waals surface area contributed by atoms with Crippen LogP contribution in [0.2, 0.25) is 0 Å². The van der Waals surface area contributed by atoms with Crippen LogP contribution >= 0.6 is 0 Å². The van der Waals surface area contributed by atoms with E-state index in [1.807, 2.05) is 11.6 Å². The number of rotatable bonds is 2. The van der Waals surface area contributed by atoms with E-state index in [0.717, 1.165) is 43.3 Å². The standard InChI is InChI=1S/C13H17N5O2/c1-9-15-10(7-19-9)5-17-3-2-13-12(6-17)18-11(8-20-13)4-14-16-18/h4,7,12-13H,2-3,5-6,8H2,1H3/t12-,13+/m1/s1. The van der Waals surface area contributed by atoms with Crippen LogP contribution in [-0.2, 0) is 17.9 Å². The minimum absolute atomic E-state index is 0.250. The summed E-state index contributed by atoms with van der Waals surface area (Å²) in [5.41, 5.74) is 2.04. The number of hydrogen-bond acceptors (Lipinski definition) is 6. The highest BCUT2D eigenvalue weighted by Gasteiger charge is 2.36. The maximum atomic E-state index is 5.91. The van der Waals surface area contributed by atoms with Crippen molar-refractivity contribution in [3.05, 3.63) is 29.7 Å². The maximum Gasteiger partial charge on any atom is 0.191 e. The molecule has 2 aromatic rings. The van der Waals surface area contributed by atoms with Gasteiger partial charge < -0.3 is 9.15 Å². The second-order valence-electron chi connectivity index (χ2n) is 5.47. The topological polar surface area (TPSA) is 69.2 Å². The van der Waals surface area contributed by atoms with E-state index in [9.17, 15) is 0 Å². The van der Waals surface area contributed by atoms with Crippen molar-refractivity contribution >= 4 is 0 Å². The molecule has 0 amide bonds. The lowest BCUT2D eigenvalue weighted by molar-refractivity contribution is -0.0671. The van der Waals surface area contributed by atoms with E-state index in [2.05, 4.69) is 20.2 Å². The number of nitrogens with zero attached hydrogens (tertiary/aromatic N) is 5. The second kappa shape index (κ2) is 4.68. The van der Waals surface area contributed by atoms with Crippen molar-refractivity contribution in [2.45, 2.75) is 38.6 Å². The van der Waals surface area contributed by atoms with Crippen molar-refractivity contribution < 1.29 is 9.15 Å². The molecule has 2 aromatic heterocycles. The Bertz CT molecular complexity index is 607. The van der Waals surface area contributed by atoms with Crippen molar-refractivity contribution in [1.29, 1.82) is 0 Å². The summed E-state index contributed by atoms with van der Waals surface area (Å²) in [4.78, 5) is 6.74. The van der Waals surface area contributed by atoms with Gasteiger partial charge in [0.15, 0.2) is 5.89 Å². The lowest BCUT2D eigenvalue weighted by Crippen LogP contribution is -2.47. The fourth-order valence-corrected chi connectivity index (χ4v) is 3.10. The number of likely N-dealkylation sites (tertiary alicyclic amines) is 1. The predicted molar refractivity (Wildman–Crippen MR) is 68.8 cm³/mol. The second-order valence-corrected chi connectivity index (χ2v) is 5.47. The van der Waals surface area contributed by atoms with Gasteiger partial charge in [-0.25, -0.2) is 9.67 Å². The van der Waals surface area contributed by atoms with Gasteiger partial charge in [0.2, 0.25) is 0 Å². The SMILES string of the molecule is Cc1nc(CN2CC[C@@H]3OCc4cnnn4[C@@H]3C2)co1. The zero-order valence-corrected chi connectivity index (χ0v) is 11.4. The van der Waals surface area contributed by atoms with Crippen LogP contribution in [0.1, 0.15) is 29.7 Å². The quantitative estimate of drug-likeness (QED) is 0.811. The maximum absolute atomic E-state index is 5.91. The smallest absolute Gasteiger partial charge is 0.191 e. The monoisotopic (exact) mass is 275 g/mol. The number of piperidine rings is 1. The number of aryl methyl sites for hydroxylation is 1. The molecule has 106 valence electrons. The summed E-state index contributed by atoms with van der Waals surface area (Å²) in [6.07, 6.45) is 4.79. The Morgan fingerprint density at radius 2 is 2.40 bits per heavy atom. The molecule has 0 radical (unpaired) electrons. The van der Waals surface area contributed by atoms with E-state index >= 15 is 0 Å². The minimum atomic E-state index is 0.250. The molecule has 7 nitrogen and oxygen atoms in total. The Labute approximate surface area is 116 Å². The van der Waals surface area contributed by atoms with Gasteiger partial charge in [-0.15, -0.1) is 5.10 Å². The lowest BCUT2D eigenvalue weighted by Gasteiger charge is -2.40. The third-order valence-electron chi connectivity index (χ3n) is 4.06. The van der Waals surface area contributed by atoms with Gasteiger partial charge in [0.25, 0.3) is 0 Å². The molecule has 2 atom stereocenters. The molecule has 0 unspecified atom stereocenters. The Morgan fingerprint density at radius 3 is 3.25 bits per heavy atom. The molecule has 7 heteroatoms. The van der Waals surface area contributed by atoms with Crippen LogP contribution in [0.15, 0.2) is 16.9 Å². The van der Waals surface area contributed by atoms with Crippen LogP contribution in [0.25, 0.3) is 0 Å². The largest absolute Gasteiger partial charge is 0.449 e. The molecule has 0 spiro atoms. The van der Waals surface area contributed by atoms with Crippen LogP contribution in [0.3, 0.4) is 0 Å². The molecule has 0 aliphatic carbocycles. The zero-order valence-electron chi connectivity index (χ0n) is 11.4. The van der Waals surface area contributed by atoms with E-state index in [1.54, 1.807) is 12.5 Å². The fraction of sp³-hybridized carbons (Fsp3) is 0.615. The summed E-state index contributed by atoms with van der Waals surface area (Å²) in [6.45, 7) is 5.22. The highest BCUT2D eigenvalue weighted by Crippen LogP contribution is 2.30. The number of hydrogen-bond donors (Lipinski definition) is 0.